The van der Waals surface area contributed by atoms with Gasteiger partial charge in [-0.25, -0.2) is 9.38 Å². The van der Waals surface area contributed by atoms with E-state index in [4.69, 9.17) is 10.5 Å². The second kappa shape index (κ2) is 10.5. The molecule has 0 amide bonds. The minimum atomic E-state index is -3.03. The molecule has 0 atom stereocenters. The van der Waals surface area contributed by atoms with Gasteiger partial charge in [-0.15, -0.1) is 24.0 Å². The van der Waals surface area contributed by atoms with Crippen molar-refractivity contribution in [2.75, 3.05) is 20.3 Å². The van der Waals surface area contributed by atoms with E-state index >= 15 is 0 Å². The third-order valence-electron chi connectivity index (χ3n) is 2.31. The van der Waals surface area contributed by atoms with E-state index in [1.165, 1.54) is 19.2 Å². The number of nitrogens with one attached hydrogen (secondary N) is 1. The number of aliphatic imine (C=N–C) groups is 1. The van der Waals surface area contributed by atoms with Gasteiger partial charge in [0, 0.05) is 13.7 Å². The molecule has 1 aromatic rings. The topological polar surface area (TPSA) is 68.9 Å². The van der Waals surface area contributed by atoms with Crippen LogP contribution in [0.25, 0.3) is 0 Å². The number of hydrogen-bond donors (Lipinski definition) is 2. The lowest BCUT2D eigenvalue weighted by Crippen LogP contribution is -2.34. The average molecular weight is 419 g/mol. The molecule has 0 unspecified atom stereocenters. The van der Waals surface area contributed by atoms with Crippen LogP contribution < -0.4 is 15.8 Å². The summed E-state index contributed by atoms with van der Waals surface area (Å²) in [4.78, 5) is 3.86. The molecular weight excluding hydrogens is 402 g/mol. The standard InChI is InChI=1S/C12H16F3N3O2.HI/c1-19-6-5-17-12(16)18-7-8-9(13)3-2-4-10(8)20-11(14)15;/h2-4,11H,5-7H2,1H3,(H3,16,17,18);1H. The van der Waals surface area contributed by atoms with Crippen molar-refractivity contribution in [2.24, 2.45) is 10.7 Å². The highest BCUT2D eigenvalue weighted by atomic mass is 127. The minimum absolute atomic E-state index is 0. The van der Waals surface area contributed by atoms with Gasteiger partial charge in [0.05, 0.1) is 18.7 Å². The van der Waals surface area contributed by atoms with Crippen LogP contribution in [0.2, 0.25) is 0 Å². The first-order valence-corrected chi connectivity index (χ1v) is 5.79. The largest absolute Gasteiger partial charge is 0.434 e. The lowest BCUT2D eigenvalue weighted by Gasteiger charge is -2.10. The highest BCUT2D eigenvalue weighted by Gasteiger charge is 2.13. The molecule has 5 nitrogen and oxygen atoms in total. The number of hydrogen-bond acceptors (Lipinski definition) is 3. The number of halogens is 4. The Balaban J connectivity index is 0.00000400. The van der Waals surface area contributed by atoms with E-state index in [2.05, 4.69) is 15.0 Å². The molecule has 0 heterocycles. The van der Waals surface area contributed by atoms with Gasteiger partial charge in [-0.2, -0.15) is 8.78 Å². The zero-order chi connectivity index (χ0) is 15.0. The fraction of sp³-hybridized carbons (Fsp3) is 0.417. The molecule has 0 saturated heterocycles. The van der Waals surface area contributed by atoms with E-state index in [-0.39, 0.29) is 47.8 Å². The summed E-state index contributed by atoms with van der Waals surface area (Å²) < 4.78 is 47.0. The van der Waals surface area contributed by atoms with Crippen LogP contribution >= 0.6 is 24.0 Å². The Hall–Kier alpha value is -1.23. The summed E-state index contributed by atoms with van der Waals surface area (Å²) in [5.41, 5.74) is 5.46. The van der Waals surface area contributed by atoms with Gasteiger partial charge in [-0.3, -0.25) is 0 Å². The first-order chi connectivity index (χ1) is 9.54. The van der Waals surface area contributed by atoms with Crippen molar-refractivity contribution in [2.45, 2.75) is 13.2 Å². The van der Waals surface area contributed by atoms with Gasteiger partial charge in [0.25, 0.3) is 0 Å². The van der Waals surface area contributed by atoms with Crippen molar-refractivity contribution in [1.29, 1.82) is 0 Å². The Morgan fingerprint density at radius 1 is 1.43 bits per heavy atom. The molecule has 0 aliphatic rings. The van der Waals surface area contributed by atoms with Gasteiger partial charge >= 0.3 is 6.61 Å². The number of guanidine groups is 1. The molecule has 0 radical (unpaired) electrons. The molecule has 0 bridgehead atoms. The van der Waals surface area contributed by atoms with Gasteiger partial charge in [0.2, 0.25) is 0 Å². The van der Waals surface area contributed by atoms with Crippen LogP contribution in [-0.2, 0) is 11.3 Å². The molecule has 0 fully saturated rings. The molecule has 3 N–H and O–H groups in total. The Morgan fingerprint density at radius 2 is 2.14 bits per heavy atom. The molecule has 9 heteroatoms. The van der Waals surface area contributed by atoms with Gasteiger partial charge in [-0.05, 0) is 12.1 Å². The fourth-order valence-corrected chi connectivity index (χ4v) is 1.40. The van der Waals surface area contributed by atoms with Crippen molar-refractivity contribution in [1.82, 2.24) is 5.32 Å². The van der Waals surface area contributed by atoms with E-state index in [0.29, 0.717) is 13.2 Å². The lowest BCUT2D eigenvalue weighted by atomic mass is 10.2. The van der Waals surface area contributed by atoms with Crippen molar-refractivity contribution in [3.05, 3.63) is 29.6 Å². The number of nitrogens with zero attached hydrogens (tertiary/aromatic N) is 1. The normalized spacial score (nSPS) is 11.2. The van der Waals surface area contributed by atoms with Crippen molar-refractivity contribution < 1.29 is 22.6 Å². The maximum absolute atomic E-state index is 13.6. The summed E-state index contributed by atoms with van der Waals surface area (Å²) in [7, 11) is 1.53. The molecule has 1 rings (SSSR count). The summed E-state index contributed by atoms with van der Waals surface area (Å²) in [6.45, 7) is -2.38. The molecule has 0 aromatic heterocycles. The zero-order valence-electron chi connectivity index (χ0n) is 11.3. The molecular formula is C12H17F3IN3O2. The maximum atomic E-state index is 13.6. The Morgan fingerprint density at radius 3 is 2.76 bits per heavy atom. The highest BCUT2D eigenvalue weighted by molar-refractivity contribution is 14.0. The highest BCUT2D eigenvalue weighted by Crippen LogP contribution is 2.24. The van der Waals surface area contributed by atoms with Crippen LogP contribution in [0.3, 0.4) is 0 Å². The van der Waals surface area contributed by atoms with Gasteiger partial charge in [0.15, 0.2) is 5.96 Å². The second-order valence-corrected chi connectivity index (χ2v) is 3.72. The molecule has 0 saturated carbocycles. The first kappa shape index (κ1) is 19.8. The average Bonchev–Trinajstić information content (AvgIpc) is 2.37. The van der Waals surface area contributed by atoms with Crippen LogP contribution in [0, 0.1) is 5.82 Å². The molecule has 21 heavy (non-hydrogen) atoms. The predicted molar refractivity (Wildman–Crippen MR) is 83.7 cm³/mol. The molecule has 0 aliphatic heterocycles. The van der Waals surface area contributed by atoms with Crippen LogP contribution in [-0.4, -0.2) is 32.8 Å². The van der Waals surface area contributed by atoms with Crippen LogP contribution in [0.5, 0.6) is 5.75 Å². The lowest BCUT2D eigenvalue weighted by molar-refractivity contribution is -0.0506. The molecule has 1 aromatic carbocycles. The van der Waals surface area contributed by atoms with E-state index in [9.17, 15) is 13.2 Å². The Bertz CT molecular complexity index is 461. The zero-order valence-corrected chi connectivity index (χ0v) is 13.6. The molecule has 120 valence electrons. The van der Waals surface area contributed by atoms with Gasteiger partial charge < -0.3 is 20.5 Å². The van der Waals surface area contributed by atoms with Crippen molar-refractivity contribution >= 4 is 29.9 Å². The quantitative estimate of drug-likeness (QED) is 0.308. The van der Waals surface area contributed by atoms with Crippen molar-refractivity contribution in [3.8, 4) is 5.75 Å². The number of methoxy groups -OCH3 is 1. The number of ether oxygens (including phenoxy) is 2. The summed E-state index contributed by atoms with van der Waals surface area (Å²) in [5.74, 6) is -0.877. The third kappa shape index (κ3) is 7.37. The van der Waals surface area contributed by atoms with Gasteiger partial charge in [-0.1, -0.05) is 6.07 Å². The summed E-state index contributed by atoms with van der Waals surface area (Å²) in [6.07, 6.45) is 0. The summed E-state index contributed by atoms with van der Waals surface area (Å²) in [6, 6.07) is 3.66. The predicted octanol–water partition coefficient (Wildman–Crippen LogP) is 2.10. The van der Waals surface area contributed by atoms with E-state index in [1.54, 1.807) is 0 Å². The van der Waals surface area contributed by atoms with E-state index in [0.717, 1.165) is 6.07 Å². The van der Waals surface area contributed by atoms with Crippen LogP contribution in [0.15, 0.2) is 23.2 Å². The third-order valence-corrected chi connectivity index (χ3v) is 2.31. The smallest absolute Gasteiger partial charge is 0.387 e. The van der Waals surface area contributed by atoms with E-state index < -0.39 is 12.4 Å². The monoisotopic (exact) mass is 419 g/mol. The maximum Gasteiger partial charge on any atom is 0.387 e. The Labute approximate surface area is 137 Å². The summed E-state index contributed by atoms with van der Waals surface area (Å²) in [5, 5.41) is 2.72. The van der Waals surface area contributed by atoms with Crippen LogP contribution in [0.1, 0.15) is 5.56 Å². The van der Waals surface area contributed by atoms with Crippen molar-refractivity contribution in [3.63, 3.8) is 0 Å². The van der Waals surface area contributed by atoms with Gasteiger partial charge in [0.1, 0.15) is 11.6 Å². The second-order valence-electron chi connectivity index (χ2n) is 3.72. The molecule has 0 spiro atoms. The molecule has 0 aliphatic carbocycles. The SMILES string of the molecule is COCCNC(N)=NCc1c(F)cccc1OC(F)F.I. The number of benzene rings is 1. The first-order valence-electron chi connectivity index (χ1n) is 5.79. The number of rotatable bonds is 7. The summed E-state index contributed by atoms with van der Waals surface area (Å²) >= 11 is 0. The Kier molecular flexibility index (Phi) is 9.88. The van der Waals surface area contributed by atoms with Crippen LogP contribution in [0.4, 0.5) is 13.2 Å². The minimum Gasteiger partial charge on any atom is -0.434 e. The number of nitrogens with two attached hydrogens (primary N) is 1. The van der Waals surface area contributed by atoms with E-state index in [1.807, 2.05) is 0 Å². The number of alkyl halides is 2. The fourth-order valence-electron chi connectivity index (χ4n) is 1.40.